The van der Waals surface area contributed by atoms with E-state index in [2.05, 4.69) is 4.72 Å². The van der Waals surface area contributed by atoms with Crippen molar-refractivity contribution < 1.29 is 13.2 Å². The summed E-state index contributed by atoms with van der Waals surface area (Å²) in [4.78, 5) is 13.8. The zero-order valence-corrected chi connectivity index (χ0v) is 19.6. The van der Waals surface area contributed by atoms with Crippen LogP contribution in [0.15, 0.2) is 71.6 Å². The molecule has 32 heavy (non-hydrogen) atoms. The van der Waals surface area contributed by atoms with Crippen LogP contribution in [0.3, 0.4) is 0 Å². The highest BCUT2D eigenvalue weighted by Gasteiger charge is 2.20. The van der Waals surface area contributed by atoms with E-state index in [0.29, 0.717) is 18.0 Å². The van der Waals surface area contributed by atoms with Crippen LogP contribution < -0.4 is 4.72 Å². The van der Waals surface area contributed by atoms with Crippen molar-refractivity contribution in [1.82, 2.24) is 9.62 Å². The number of halogens is 2. The Labute approximate surface area is 198 Å². The van der Waals surface area contributed by atoms with E-state index in [1.54, 1.807) is 0 Å². The molecule has 3 aromatic carbocycles. The summed E-state index contributed by atoms with van der Waals surface area (Å²) >= 11 is 11.9. The Morgan fingerprint density at radius 3 is 2.38 bits per heavy atom. The van der Waals surface area contributed by atoms with Gasteiger partial charge in [0.15, 0.2) is 0 Å². The zero-order valence-electron chi connectivity index (χ0n) is 17.2. The monoisotopic (exact) mass is 488 g/mol. The number of rotatable bonds is 7. The van der Waals surface area contributed by atoms with Crippen molar-refractivity contribution in [3.8, 4) is 11.1 Å². The van der Waals surface area contributed by atoms with Crippen LogP contribution in [0.25, 0.3) is 11.1 Å². The van der Waals surface area contributed by atoms with Crippen LogP contribution in [-0.4, -0.2) is 25.8 Å². The first-order valence-electron chi connectivity index (χ1n) is 10.2. The SMILES string of the molecule is O=C1CCCN1Cc1ccc(-c2ccccc2CNS(=O)(=O)c2ccc(Cl)c(Cl)c2)cc1. The van der Waals surface area contributed by atoms with Gasteiger partial charge in [-0.05, 0) is 46.9 Å². The molecule has 1 fully saturated rings. The van der Waals surface area contributed by atoms with Crippen LogP contribution in [0.4, 0.5) is 0 Å². The molecule has 0 aromatic heterocycles. The van der Waals surface area contributed by atoms with Crippen LogP contribution in [0.5, 0.6) is 0 Å². The number of carbonyl (C=O) groups excluding carboxylic acids is 1. The number of hydrogen-bond donors (Lipinski definition) is 1. The second-order valence-corrected chi connectivity index (χ2v) is 10.3. The fourth-order valence-electron chi connectivity index (χ4n) is 3.74. The Bertz CT molecular complexity index is 1240. The third-order valence-electron chi connectivity index (χ3n) is 5.48. The average molecular weight is 489 g/mol. The number of sulfonamides is 1. The minimum atomic E-state index is -3.75. The molecule has 0 aliphatic carbocycles. The van der Waals surface area contributed by atoms with Gasteiger partial charge in [-0.2, -0.15) is 0 Å². The van der Waals surface area contributed by atoms with Gasteiger partial charge >= 0.3 is 0 Å². The number of nitrogens with zero attached hydrogens (tertiary/aromatic N) is 1. The van der Waals surface area contributed by atoms with Crippen LogP contribution in [-0.2, 0) is 27.9 Å². The Kier molecular flexibility index (Phi) is 6.86. The molecule has 1 aliphatic rings. The summed E-state index contributed by atoms with van der Waals surface area (Å²) in [6, 6.07) is 19.9. The molecule has 0 atom stereocenters. The number of benzene rings is 3. The molecule has 0 radical (unpaired) electrons. The van der Waals surface area contributed by atoms with Crippen molar-refractivity contribution in [2.24, 2.45) is 0 Å². The Morgan fingerprint density at radius 2 is 1.69 bits per heavy atom. The van der Waals surface area contributed by atoms with E-state index in [-0.39, 0.29) is 22.4 Å². The number of carbonyl (C=O) groups is 1. The van der Waals surface area contributed by atoms with Crippen LogP contribution in [0, 0.1) is 0 Å². The molecular weight excluding hydrogens is 467 g/mol. The minimum absolute atomic E-state index is 0.0604. The molecule has 1 N–H and O–H groups in total. The number of likely N-dealkylation sites (tertiary alicyclic amines) is 1. The molecule has 1 aliphatic heterocycles. The van der Waals surface area contributed by atoms with E-state index in [1.807, 2.05) is 53.4 Å². The largest absolute Gasteiger partial charge is 0.338 e. The third kappa shape index (κ3) is 5.15. The number of hydrogen-bond acceptors (Lipinski definition) is 3. The molecule has 166 valence electrons. The van der Waals surface area contributed by atoms with Gasteiger partial charge < -0.3 is 4.90 Å². The van der Waals surface area contributed by atoms with E-state index in [4.69, 9.17) is 23.2 Å². The molecule has 0 bridgehead atoms. The van der Waals surface area contributed by atoms with Gasteiger partial charge in [0.25, 0.3) is 0 Å². The molecule has 0 unspecified atom stereocenters. The Hall–Kier alpha value is -2.38. The number of nitrogens with one attached hydrogen (secondary N) is 1. The van der Waals surface area contributed by atoms with Gasteiger partial charge in [0.1, 0.15) is 0 Å². The molecule has 0 saturated carbocycles. The quantitative estimate of drug-likeness (QED) is 0.492. The average Bonchev–Trinajstić information content (AvgIpc) is 3.19. The molecule has 8 heteroatoms. The van der Waals surface area contributed by atoms with Gasteiger partial charge in [-0.3, -0.25) is 4.79 Å². The van der Waals surface area contributed by atoms with Crippen LogP contribution in [0.1, 0.15) is 24.0 Å². The van der Waals surface area contributed by atoms with Crippen molar-refractivity contribution in [3.63, 3.8) is 0 Å². The van der Waals surface area contributed by atoms with E-state index in [1.165, 1.54) is 18.2 Å². The van der Waals surface area contributed by atoms with E-state index in [0.717, 1.165) is 35.2 Å². The highest BCUT2D eigenvalue weighted by atomic mass is 35.5. The van der Waals surface area contributed by atoms with Crippen LogP contribution in [0.2, 0.25) is 10.0 Å². The second-order valence-electron chi connectivity index (χ2n) is 7.67. The Morgan fingerprint density at radius 1 is 0.938 bits per heavy atom. The van der Waals surface area contributed by atoms with Gasteiger partial charge in [-0.15, -0.1) is 0 Å². The predicted molar refractivity (Wildman–Crippen MR) is 127 cm³/mol. The van der Waals surface area contributed by atoms with Gasteiger partial charge in [0, 0.05) is 26.1 Å². The second kappa shape index (κ2) is 9.63. The maximum atomic E-state index is 12.7. The summed E-state index contributed by atoms with van der Waals surface area (Å²) in [5.41, 5.74) is 3.83. The summed E-state index contributed by atoms with van der Waals surface area (Å²) in [6.45, 7) is 1.55. The van der Waals surface area contributed by atoms with Gasteiger partial charge in [-0.25, -0.2) is 13.1 Å². The third-order valence-corrected chi connectivity index (χ3v) is 7.62. The summed E-state index contributed by atoms with van der Waals surface area (Å²) in [5, 5.41) is 0.485. The molecule has 1 heterocycles. The van der Waals surface area contributed by atoms with E-state index < -0.39 is 10.0 Å². The predicted octanol–water partition coefficient (Wildman–Crippen LogP) is 5.26. The maximum absolute atomic E-state index is 12.7. The van der Waals surface area contributed by atoms with Crippen molar-refractivity contribution in [2.75, 3.05) is 6.54 Å². The van der Waals surface area contributed by atoms with E-state index in [9.17, 15) is 13.2 Å². The Balaban J connectivity index is 1.50. The molecule has 1 saturated heterocycles. The lowest BCUT2D eigenvalue weighted by Crippen LogP contribution is -2.23. The normalized spacial score (nSPS) is 14.2. The smallest absolute Gasteiger partial charge is 0.240 e. The summed E-state index contributed by atoms with van der Waals surface area (Å²) in [7, 11) is -3.75. The molecule has 3 aromatic rings. The van der Waals surface area contributed by atoms with Crippen molar-refractivity contribution in [1.29, 1.82) is 0 Å². The fraction of sp³-hybridized carbons (Fsp3) is 0.208. The lowest BCUT2D eigenvalue weighted by molar-refractivity contribution is -0.128. The molecule has 1 amide bonds. The van der Waals surface area contributed by atoms with Gasteiger partial charge in [-0.1, -0.05) is 71.7 Å². The zero-order chi connectivity index (χ0) is 22.7. The van der Waals surface area contributed by atoms with E-state index >= 15 is 0 Å². The topological polar surface area (TPSA) is 66.5 Å². The standard InChI is InChI=1S/C24H22Cl2N2O3S/c25-22-12-11-20(14-23(22)26)32(30,31)27-15-19-4-1-2-5-21(19)18-9-7-17(8-10-18)16-28-13-3-6-24(28)29/h1-2,4-5,7-12,14,27H,3,6,13,15-16H2. The first kappa shape index (κ1) is 22.8. The first-order valence-corrected chi connectivity index (χ1v) is 12.5. The van der Waals surface area contributed by atoms with Crippen molar-refractivity contribution >= 4 is 39.1 Å². The highest BCUT2D eigenvalue weighted by Crippen LogP contribution is 2.27. The van der Waals surface area contributed by atoms with Gasteiger partial charge in [0.2, 0.25) is 15.9 Å². The lowest BCUT2D eigenvalue weighted by Gasteiger charge is -2.16. The molecule has 5 nitrogen and oxygen atoms in total. The maximum Gasteiger partial charge on any atom is 0.240 e. The van der Waals surface area contributed by atoms with Gasteiger partial charge in [0.05, 0.1) is 14.9 Å². The molecule has 4 rings (SSSR count). The van der Waals surface area contributed by atoms with Crippen molar-refractivity contribution in [3.05, 3.63) is 87.9 Å². The summed E-state index contributed by atoms with van der Waals surface area (Å²) in [6.07, 6.45) is 1.55. The fourth-order valence-corrected chi connectivity index (χ4v) is 5.13. The van der Waals surface area contributed by atoms with Crippen LogP contribution >= 0.6 is 23.2 Å². The first-order chi connectivity index (χ1) is 15.3. The lowest BCUT2D eigenvalue weighted by atomic mass is 9.98. The summed E-state index contributed by atoms with van der Waals surface area (Å²) in [5.74, 6) is 0.202. The molecular formula is C24H22Cl2N2O3S. The molecule has 0 spiro atoms. The summed E-state index contributed by atoms with van der Waals surface area (Å²) < 4.78 is 28.1. The minimum Gasteiger partial charge on any atom is -0.338 e. The number of amides is 1. The highest BCUT2D eigenvalue weighted by molar-refractivity contribution is 7.89. The van der Waals surface area contributed by atoms with Crippen molar-refractivity contribution in [2.45, 2.75) is 30.8 Å².